The lowest BCUT2D eigenvalue weighted by atomic mass is 10.1. The van der Waals surface area contributed by atoms with Gasteiger partial charge in [0.25, 0.3) is 5.56 Å². The molecule has 0 radical (unpaired) electrons. The average molecular weight is 296 g/mol. The Morgan fingerprint density at radius 2 is 1.81 bits per heavy atom. The van der Waals surface area contributed by atoms with Gasteiger partial charge in [0, 0.05) is 0 Å². The number of aromatic nitrogens is 2. The molecule has 106 valence electrons. The third-order valence-corrected chi connectivity index (χ3v) is 4.32. The summed E-state index contributed by atoms with van der Waals surface area (Å²) in [6.45, 7) is 4.12. The molecule has 1 aromatic heterocycles. The Bertz CT molecular complexity index is 884. The minimum Gasteiger partial charge on any atom is -0.268 e. The number of thioether (sulfide) groups is 1. The zero-order valence-electron chi connectivity index (χ0n) is 12.3. The lowest BCUT2D eigenvalue weighted by molar-refractivity contribution is 0.820. The summed E-state index contributed by atoms with van der Waals surface area (Å²) in [5.41, 5.74) is 3.97. The van der Waals surface area contributed by atoms with Crippen molar-refractivity contribution in [1.82, 2.24) is 9.55 Å². The molecule has 0 aliphatic rings. The molecule has 0 spiro atoms. The van der Waals surface area contributed by atoms with Gasteiger partial charge in [0.05, 0.1) is 16.6 Å². The Balaban J connectivity index is 2.37. The summed E-state index contributed by atoms with van der Waals surface area (Å²) in [4.78, 5) is 17.4. The summed E-state index contributed by atoms with van der Waals surface area (Å²) in [5, 5.41) is 1.36. The summed E-state index contributed by atoms with van der Waals surface area (Å²) in [6.07, 6.45) is 1.94. The molecule has 0 amide bonds. The van der Waals surface area contributed by atoms with E-state index in [2.05, 4.69) is 18.8 Å². The third kappa shape index (κ3) is 2.36. The largest absolute Gasteiger partial charge is 0.268 e. The number of aryl methyl sites for hydroxylation is 2. The number of hydrogen-bond acceptors (Lipinski definition) is 3. The van der Waals surface area contributed by atoms with E-state index in [0.717, 1.165) is 11.2 Å². The van der Waals surface area contributed by atoms with E-state index in [0.29, 0.717) is 10.5 Å². The average Bonchev–Trinajstić information content (AvgIpc) is 2.50. The zero-order chi connectivity index (χ0) is 15.0. The molecule has 0 N–H and O–H groups in total. The molecule has 0 aliphatic carbocycles. The fraction of sp³-hybridized carbons (Fsp3) is 0.176. The maximum Gasteiger partial charge on any atom is 0.266 e. The first kappa shape index (κ1) is 13.9. The minimum absolute atomic E-state index is 0.0202. The first-order valence-electron chi connectivity index (χ1n) is 6.75. The second kappa shape index (κ2) is 5.37. The van der Waals surface area contributed by atoms with E-state index in [1.807, 2.05) is 48.7 Å². The van der Waals surface area contributed by atoms with E-state index in [1.54, 1.807) is 4.57 Å². The van der Waals surface area contributed by atoms with Crippen molar-refractivity contribution in [3.63, 3.8) is 0 Å². The van der Waals surface area contributed by atoms with Crippen LogP contribution in [0.2, 0.25) is 0 Å². The molecular formula is C17H16N2OS. The Morgan fingerprint density at radius 1 is 1.05 bits per heavy atom. The van der Waals surface area contributed by atoms with Gasteiger partial charge in [-0.3, -0.25) is 9.36 Å². The molecule has 0 atom stereocenters. The van der Waals surface area contributed by atoms with Crippen molar-refractivity contribution >= 4 is 22.7 Å². The van der Waals surface area contributed by atoms with Gasteiger partial charge in [0.15, 0.2) is 5.16 Å². The molecule has 0 aliphatic heterocycles. The molecule has 21 heavy (non-hydrogen) atoms. The predicted molar refractivity (Wildman–Crippen MR) is 88.6 cm³/mol. The molecular weight excluding hydrogens is 280 g/mol. The molecule has 1 heterocycles. The zero-order valence-corrected chi connectivity index (χ0v) is 13.1. The smallest absolute Gasteiger partial charge is 0.266 e. The van der Waals surface area contributed by atoms with Crippen molar-refractivity contribution in [3.8, 4) is 5.69 Å². The molecule has 0 saturated heterocycles. The van der Waals surface area contributed by atoms with Gasteiger partial charge in [-0.2, -0.15) is 0 Å². The Labute approximate surface area is 127 Å². The van der Waals surface area contributed by atoms with Crippen molar-refractivity contribution in [3.05, 3.63) is 63.9 Å². The number of para-hydroxylation sites is 1. The molecule has 3 rings (SSSR count). The number of benzene rings is 2. The second-order valence-electron chi connectivity index (χ2n) is 5.02. The maximum absolute atomic E-state index is 12.8. The summed E-state index contributed by atoms with van der Waals surface area (Å²) < 4.78 is 1.69. The van der Waals surface area contributed by atoms with Gasteiger partial charge in [-0.05, 0) is 55.5 Å². The highest BCUT2D eigenvalue weighted by Gasteiger charge is 2.12. The van der Waals surface area contributed by atoms with Gasteiger partial charge >= 0.3 is 0 Å². The standard InChI is InChI=1S/C17H16N2OS/c1-11-8-9-13(10-12(11)2)19-16(20)14-6-4-5-7-15(14)18-17(19)21-3/h4-10H,1-3H3. The lowest BCUT2D eigenvalue weighted by Gasteiger charge is -2.13. The molecule has 2 aromatic carbocycles. The van der Waals surface area contributed by atoms with Gasteiger partial charge in [-0.15, -0.1) is 0 Å². The van der Waals surface area contributed by atoms with Crippen LogP contribution in [0, 0.1) is 13.8 Å². The number of fused-ring (bicyclic) bond motifs is 1. The lowest BCUT2D eigenvalue weighted by Crippen LogP contribution is -2.21. The molecule has 0 fully saturated rings. The number of hydrogen-bond donors (Lipinski definition) is 0. The van der Waals surface area contributed by atoms with Crippen molar-refractivity contribution in [1.29, 1.82) is 0 Å². The van der Waals surface area contributed by atoms with Gasteiger partial charge < -0.3 is 0 Å². The van der Waals surface area contributed by atoms with Crippen LogP contribution in [0.15, 0.2) is 52.4 Å². The van der Waals surface area contributed by atoms with Gasteiger partial charge in [0.1, 0.15) is 0 Å². The van der Waals surface area contributed by atoms with Crippen molar-refractivity contribution in [2.45, 2.75) is 19.0 Å². The first-order valence-corrected chi connectivity index (χ1v) is 7.97. The Morgan fingerprint density at radius 3 is 2.52 bits per heavy atom. The fourth-order valence-corrected chi connectivity index (χ4v) is 2.90. The van der Waals surface area contributed by atoms with Crippen LogP contribution in [0.3, 0.4) is 0 Å². The second-order valence-corrected chi connectivity index (χ2v) is 5.80. The molecule has 0 bridgehead atoms. The van der Waals surface area contributed by atoms with Crippen LogP contribution in [-0.2, 0) is 0 Å². The van der Waals surface area contributed by atoms with E-state index < -0.39 is 0 Å². The highest BCUT2D eigenvalue weighted by molar-refractivity contribution is 7.98. The summed E-state index contributed by atoms with van der Waals surface area (Å²) in [6, 6.07) is 13.5. The Kier molecular flexibility index (Phi) is 3.55. The number of nitrogens with zero attached hydrogens (tertiary/aromatic N) is 2. The molecule has 3 aromatic rings. The summed E-state index contributed by atoms with van der Waals surface area (Å²) in [5.74, 6) is 0. The topological polar surface area (TPSA) is 34.9 Å². The van der Waals surface area contributed by atoms with Crippen LogP contribution in [0.1, 0.15) is 11.1 Å². The fourth-order valence-electron chi connectivity index (χ4n) is 2.34. The van der Waals surface area contributed by atoms with E-state index in [4.69, 9.17) is 0 Å². The predicted octanol–water partition coefficient (Wildman–Crippen LogP) is 3.72. The van der Waals surface area contributed by atoms with Crippen molar-refractivity contribution in [2.24, 2.45) is 0 Å². The van der Waals surface area contributed by atoms with Crippen LogP contribution in [0.4, 0.5) is 0 Å². The summed E-state index contributed by atoms with van der Waals surface area (Å²) >= 11 is 1.48. The van der Waals surface area contributed by atoms with Gasteiger partial charge in [-0.1, -0.05) is 30.0 Å². The highest BCUT2D eigenvalue weighted by Crippen LogP contribution is 2.20. The molecule has 4 heteroatoms. The van der Waals surface area contributed by atoms with E-state index in [-0.39, 0.29) is 5.56 Å². The van der Waals surface area contributed by atoms with Crippen LogP contribution in [-0.4, -0.2) is 15.8 Å². The third-order valence-electron chi connectivity index (χ3n) is 3.68. The van der Waals surface area contributed by atoms with E-state index in [1.165, 1.54) is 22.9 Å². The van der Waals surface area contributed by atoms with Crippen LogP contribution >= 0.6 is 11.8 Å². The quantitative estimate of drug-likeness (QED) is 0.534. The summed E-state index contributed by atoms with van der Waals surface area (Å²) in [7, 11) is 0. The highest BCUT2D eigenvalue weighted by atomic mass is 32.2. The number of rotatable bonds is 2. The van der Waals surface area contributed by atoms with Crippen molar-refractivity contribution in [2.75, 3.05) is 6.26 Å². The van der Waals surface area contributed by atoms with Crippen LogP contribution < -0.4 is 5.56 Å². The Hall–Kier alpha value is -2.07. The normalized spacial score (nSPS) is 11.0. The van der Waals surface area contributed by atoms with Gasteiger partial charge in [0.2, 0.25) is 0 Å². The molecule has 3 nitrogen and oxygen atoms in total. The van der Waals surface area contributed by atoms with Crippen molar-refractivity contribution < 1.29 is 0 Å². The van der Waals surface area contributed by atoms with E-state index in [9.17, 15) is 4.79 Å². The SMILES string of the molecule is CSc1nc2ccccc2c(=O)n1-c1ccc(C)c(C)c1. The molecule has 0 unspecified atom stereocenters. The van der Waals surface area contributed by atoms with Crippen LogP contribution in [0.5, 0.6) is 0 Å². The van der Waals surface area contributed by atoms with Crippen LogP contribution in [0.25, 0.3) is 16.6 Å². The maximum atomic E-state index is 12.8. The van der Waals surface area contributed by atoms with Gasteiger partial charge in [-0.25, -0.2) is 4.98 Å². The first-order chi connectivity index (χ1) is 10.1. The minimum atomic E-state index is -0.0202. The van der Waals surface area contributed by atoms with E-state index >= 15 is 0 Å². The molecule has 0 saturated carbocycles. The monoisotopic (exact) mass is 296 g/mol.